The van der Waals surface area contributed by atoms with Crippen LogP contribution >= 0.6 is 18.2 Å². The van der Waals surface area contributed by atoms with Crippen molar-refractivity contribution in [3.63, 3.8) is 0 Å². The lowest BCUT2D eigenvalue weighted by Gasteiger charge is -2.25. The van der Waals surface area contributed by atoms with Crippen molar-refractivity contribution in [3.8, 4) is 0 Å². The second-order valence-corrected chi connectivity index (χ2v) is 10.2. The molecule has 0 spiro atoms. The SMILES string of the molecule is CCS(=O)C(C)(C)SP(=O)(OC)OC. The fourth-order valence-electron chi connectivity index (χ4n) is 0.807. The van der Waals surface area contributed by atoms with E-state index in [2.05, 4.69) is 0 Å². The molecule has 4 nitrogen and oxygen atoms in total. The first-order valence-electron chi connectivity index (χ1n) is 4.12. The Bertz CT molecular complexity index is 246. The summed E-state index contributed by atoms with van der Waals surface area (Å²) in [5, 5.41) is 0. The standard InChI is InChI=1S/C7H17O4PS2/c1-6-14(9)7(2,3)13-12(8,10-4)11-5/h6H2,1-5H3. The van der Waals surface area contributed by atoms with Gasteiger partial charge in [0.2, 0.25) is 0 Å². The summed E-state index contributed by atoms with van der Waals surface area (Å²) >= 11 is 0.993. The Morgan fingerprint density at radius 1 is 1.36 bits per heavy atom. The van der Waals surface area contributed by atoms with E-state index in [0.717, 1.165) is 11.4 Å². The highest BCUT2D eigenvalue weighted by molar-refractivity contribution is 8.58. The van der Waals surface area contributed by atoms with Crippen LogP contribution in [-0.4, -0.2) is 28.3 Å². The Hall–Kier alpha value is 0.650. The highest BCUT2D eigenvalue weighted by Crippen LogP contribution is 2.64. The van der Waals surface area contributed by atoms with E-state index in [9.17, 15) is 8.77 Å². The van der Waals surface area contributed by atoms with E-state index in [1.807, 2.05) is 6.92 Å². The Labute approximate surface area is 91.9 Å². The highest BCUT2D eigenvalue weighted by Gasteiger charge is 2.36. The van der Waals surface area contributed by atoms with Crippen molar-refractivity contribution >= 4 is 29.0 Å². The molecule has 0 aromatic heterocycles. The minimum atomic E-state index is -3.15. The fourth-order valence-corrected chi connectivity index (χ4v) is 6.66. The maximum Gasteiger partial charge on any atom is 0.390 e. The third-order valence-electron chi connectivity index (χ3n) is 1.59. The zero-order valence-electron chi connectivity index (χ0n) is 9.10. The van der Waals surface area contributed by atoms with Crippen molar-refractivity contribution in [1.29, 1.82) is 0 Å². The molecule has 0 saturated carbocycles. The van der Waals surface area contributed by atoms with Crippen molar-refractivity contribution in [1.82, 2.24) is 0 Å². The van der Waals surface area contributed by atoms with Gasteiger partial charge in [0.05, 0.1) is 4.08 Å². The molecule has 0 N–H and O–H groups in total. The van der Waals surface area contributed by atoms with Gasteiger partial charge in [-0.15, -0.1) is 0 Å². The molecule has 0 aromatic rings. The molecule has 14 heavy (non-hydrogen) atoms. The van der Waals surface area contributed by atoms with Crippen LogP contribution in [0.4, 0.5) is 0 Å². The van der Waals surface area contributed by atoms with Gasteiger partial charge in [0.1, 0.15) is 0 Å². The number of rotatable bonds is 6. The van der Waals surface area contributed by atoms with E-state index < -0.39 is 21.7 Å². The lowest BCUT2D eigenvalue weighted by atomic mass is 10.5. The smallest absolute Gasteiger partial charge is 0.304 e. The molecule has 0 radical (unpaired) electrons. The zero-order valence-corrected chi connectivity index (χ0v) is 11.6. The molecule has 0 fully saturated rings. The largest absolute Gasteiger partial charge is 0.390 e. The highest BCUT2D eigenvalue weighted by atomic mass is 32.7. The first kappa shape index (κ1) is 14.6. The summed E-state index contributed by atoms with van der Waals surface area (Å²) in [7, 11) is 1.59. The first-order chi connectivity index (χ1) is 6.31. The van der Waals surface area contributed by atoms with E-state index in [1.165, 1.54) is 14.2 Å². The third-order valence-corrected chi connectivity index (χ3v) is 8.88. The molecule has 0 aliphatic carbocycles. The zero-order chi connectivity index (χ0) is 11.4. The average Bonchev–Trinajstić information content (AvgIpc) is 2.15. The Morgan fingerprint density at radius 2 is 1.79 bits per heavy atom. The van der Waals surface area contributed by atoms with Crippen LogP contribution in [0.3, 0.4) is 0 Å². The monoisotopic (exact) mass is 260 g/mol. The Balaban J connectivity index is 4.64. The second kappa shape index (κ2) is 5.66. The maximum atomic E-state index is 11.8. The van der Waals surface area contributed by atoms with E-state index >= 15 is 0 Å². The molecular weight excluding hydrogens is 243 g/mol. The minimum absolute atomic E-state index is 0.521. The Kier molecular flexibility index (Phi) is 5.92. The number of hydrogen-bond donors (Lipinski definition) is 0. The molecule has 0 heterocycles. The van der Waals surface area contributed by atoms with Gasteiger partial charge in [0.25, 0.3) is 0 Å². The molecule has 1 atom stereocenters. The van der Waals surface area contributed by atoms with Crippen LogP contribution in [0.2, 0.25) is 0 Å². The molecule has 0 aromatic carbocycles. The van der Waals surface area contributed by atoms with Crippen molar-refractivity contribution in [2.24, 2.45) is 0 Å². The lowest BCUT2D eigenvalue weighted by Crippen LogP contribution is -2.23. The fraction of sp³-hybridized carbons (Fsp3) is 1.00. The van der Waals surface area contributed by atoms with Crippen LogP contribution in [0.15, 0.2) is 0 Å². The molecule has 86 valence electrons. The van der Waals surface area contributed by atoms with Gasteiger partial charge >= 0.3 is 6.80 Å². The lowest BCUT2D eigenvalue weighted by molar-refractivity contribution is 0.295. The van der Waals surface area contributed by atoms with Crippen LogP contribution < -0.4 is 0 Å². The predicted molar refractivity (Wildman–Crippen MR) is 62.0 cm³/mol. The molecule has 0 bridgehead atoms. The van der Waals surface area contributed by atoms with Crippen molar-refractivity contribution in [2.75, 3.05) is 20.0 Å². The van der Waals surface area contributed by atoms with Crippen LogP contribution in [0.5, 0.6) is 0 Å². The molecule has 0 aliphatic rings. The van der Waals surface area contributed by atoms with Gasteiger partial charge < -0.3 is 9.05 Å². The minimum Gasteiger partial charge on any atom is -0.304 e. The summed E-state index contributed by atoms with van der Waals surface area (Å²) in [4.78, 5) is 0. The predicted octanol–water partition coefficient (Wildman–Crippen LogP) is 2.63. The van der Waals surface area contributed by atoms with Gasteiger partial charge in [-0.2, -0.15) is 0 Å². The van der Waals surface area contributed by atoms with E-state index in [-0.39, 0.29) is 0 Å². The number of hydrogen-bond acceptors (Lipinski definition) is 5. The summed E-state index contributed by atoms with van der Waals surface area (Å²) in [6, 6.07) is 0. The van der Waals surface area contributed by atoms with Crippen LogP contribution in [0.25, 0.3) is 0 Å². The van der Waals surface area contributed by atoms with E-state index in [1.54, 1.807) is 13.8 Å². The van der Waals surface area contributed by atoms with Crippen molar-refractivity contribution < 1.29 is 17.8 Å². The van der Waals surface area contributed by atoms with Crippen molar-refractivity contribution in [3.05, 3.63) is 0 Å². The maximum absolute atomic E-state index is 11.8. The van der Waals surface area contributed by atoms with Gasteiger partial charge in [-0.25, -0.2) is 4.57 Å². The molecule has 0 amide bonds. The van der Waals surface area contributed by atoms with Crippen LogP contribution in [0, 0.1) is 0 Å². The molecular formula is C7H17O4PS2. The van der Waals surface area contributed by atoms with Crippen LogP contribution in [-0.2, 0) is 24.4 Å². The summed E-state index contributed by atoms with van der Waals surface area (Å²) in [5.74, 6) is 0.521. The van der Waals surface area contributed by atoms with E-state index in [4.69, 9.17) is 9.05 Å². The Morgan fingerprint density at radius 3 is 2.07 bits per heavy atom. The van der Waals surface area contributed by atoms with Gasteiger partial charge in [0.15, 0.2) is 0 Å². The summed E-state index contributed by atoms with van der Waals surface area (Å²) in [5.41, 5.74) is 0. The molecule has 1 unspecified atom stereocenters. The van der Waals surface area contributed by atoms with Crippen LogP contribution in [0.1, 0.15) is 20.8 Å². The topological polar surface area (TPSA) is 52.6 Å². The molecule has 0 saturated heterocycles. The van der Waals surface area contributed by atoms with Gasteiger partial charge in [-0.3, -0.25) is 4.21 Å². The van der Waals surface area contributed by atoms with Gasteiger partial charge in [0, 0.05) is 30.8 Å². The third kappa shape index (κ3) is 4.03. The molecule has 0 aliphatic heterocycles. The normalized spacial score (nSPS) is 15.5. The second-order valence-electron chi connectivity index (χ2n) is 2.94. The van der Waals surface area contributed by atoms with Crippen molar-refractivity contribution in [2.45, 2.75) is 24.9 Å². The molecule has 7 heteroatoms. The summed E-state index contributed by atoms with van der Waals surface area (Å²) in [6.07, 6.45) is 0. The van der Waals surface area contributed by atoms with Gasteiger partial charge in [-0.1, -0.05) is 6.92 Å². The average molecular weight is 260 g/mol. The van der Waals surface area contributed by atoms with E-state index in [0.29, 0.717) is 5.75 Å². The quantitative estimate of drug-likeness (QED) is 0.687. The van der Waals surface area contributed by atoms with Gasteiger partial charge in [-0.05, 0) is 25.2 Å². The first-order valence-corrected chi connectivity index (χ1v) is 8.40. The summed E-state index contributed by atoms with van der Waals surface area (Å²) in [6.45, 7) is 2.21. The summed E-state index contributed by atoms with van der Waals surface area (Å²) < 4.78 is 32.3. The molecule has 0 rings (SSSR count).